The number of hydrogen-bond acceptors (Lipinski definition) is 2. The minimum atomic E-state index is -0.0112. The van der Waals surface area contributed by atoms with Crippen LogP contribution in [0, 0.1) is 11.8 Å². The second-order valence-corrected chi connectivity index (χ2v) is 5.75. The lowest BCUT2D eigenvalue weighted by Gasteiger charge is -2.07. The Morgan fingerprint density at radius 1 is 0.950 bits per heavy atom. The molecule has 20 heavy (non-hydrogen) atoms. The second kappa shape index (κ2) is 11.5. The highest BCUT2D eigenvalue weighted by molar-refractivity contribution is 5.87. The van der Waals surface area contributed by atoms with Gasteiger partial charge < -0.3 is 10.6 Å². The zero-order valence-corrected chi connectivity index (χ0v) is 13.4. The Morgan fingerprint density at radius 3 is 2.00 bits per heavy atom. The number of carbonyl (C=O) groups excluding carboxylic acids is 2. The first-order valence-corrected chi connectivity index (χ1v) is 7.67. The van der Waals surface area contributed by atoms with Crippen LogP contribution in [0.2, 0.25) is 0 Å². The molecule has 0 rings (SSSR count). The highest BCUT2D eigenvalue weighted by atomic mass is 16.2. The van der Waals surface area contributed by atoms with Crippen LogP contribution < -0.4 is 10.6 Å². The molecule has 0 aromatic rings. The van der Waals surface area contributed by atoms with E-state index in [1.807, 2.05) is 33.8 Å². The normalized spacial score (nSPS) is 11.3. The molecule has 2 amide bonds. The van der Waals surface area contributed by atoms with Crippen LogP contribution in [0.3, 0.4) is 0 Å². The van der Waals surface area contributed by atoms with Crippen LogP contribution in [-0.2, 0) is 9.59 Å². The van der Waals surface area contributed by atoms with E-state index in [9.17, 15) is 9.59 Å². The van der Waals surface area contributed by atoms with Gasteiger partial charge >= 0.3 is 0 Å². The highest BCUT2D eigenvalue weighted by Gasteiger charge is 2.04. The van der Waals surface area contributed by atoms with Gasteiger partial charge in [-0.25, -0.2) is 0 Å². The summed E-state index contributed by atoms with van der Waals surface area (Å²) in [7, 11) is 0. The summed E-state index contributed by atoms with van der Waals surface area (Å²) in [5.74, 6) is 0.572. The van der Waals surface area contributed by atoms with Gasteiger partial charge in [-0.2, -0.15) is 0 Å². The van der Waals surface area contributed by atoms with Crippen molar-refractivity contribution in [3.8, 4) is 0 Å². The molecule has 0 aliphatic carbocycles. The first-order chi connectivity index (χ1) is 9.43. The van der Waals surface area contributed by atoms with Crippen LogP contribution in [0.1, 0.15) is 56.2 Å². The van der Waals surface area contributed by atoms with Gasteiger partial charge in [-0.3, -0.25) is 9.59 Å². The minimum absolute atomic E-state index is 0. The number of unbranched alkanes of at least 4 members (excludes halogenated alkanes) is 3. The van der Waals surface area contributed by atoms with Crippen molar-refractivity contribution in [1.29, 1.82) is 0 Å². The van der Waals surface area contributed by atoms with E-state index >= 15 is 0 Å². The van der Waals surface area contributed by atoms with Crippen LogP contribution in [0.15, 0.2) is 12.2 Å². The summed E-state index contributed by atoms with van der Waals surface area (Å²) >= 11 is 0. The number of carbonyl (C=O) groups is 2. The molecule has 0 atom stereocenters. The first kappa shape index (κ1) is 18.7. The van der Waals surface area contributed by atoms with Gasteiger partial charge in [0.2, 0.25) is 11.8 Å². The van der Waals surface area contributed by atoms with Crippen molar-refractivity contribution in [3.05, 3.63) is 12.2 Å². The van der Waals surface area contributed by atoms with Crippen LogP contribution in [-0.4, -0.2) is 24.9 Å². The third kappa shape index (κ3) is 11.8. The van der Waals surface area contributed by atoms with Gasteiger partial charge in [-0.05, 0) is 24.8 Å². The third-order valence-corrected chi connectivity index (χ3v) is 2.86. The number of nitrogens with one attached hydrogen (secondary N) is 2. The van der Waals surface area contributed by atoms with Crippen LogP contribution in [0.25, 0.3) is 0 Å². The molecule has 0 aromatic carbocycles. The number of rotatable bonds is 10. The Balaban J connectivity index is -0.00000180. The smallest absolute Gasteiger partial charge is 0.243 e. The standard InChI is InChI=1S/C16H30N2O2.2H2/c1-13(2)9-10-15(19)17-11-7-5-6-8-12-18-16(20)14(3)4;;/h9-10,13-14H,5-8,11-12H2,1-4H3,(H,17,19)(H,18,20);2*1H/b10-9+;;. The van der Waals surface area contributed by atoms with Crippen molar-refractivity contribution in [2.24, 2.45) is 11.8 Å². The van der Waals surface area contributed by atoms with Crippen molar-refractivity contribution in [1.82, 2.24) is 10.6 Å². The molecule has 0 heterocycles. The van der Waals surface area contributed by atoms with Crippen molar-refractivity contribution >= 4 is 11.8 Å². The molecule has 4 heteroatoms. The van der Waals surface area contributed by atoms with E-state index in [4.69, 9.17) is 0 Å². The summed E-state index contributed by atoms with van der Waals surface area (Å²) in [4.78, 5) is 22.7. The summed E-state index contributed by atoms with van der Waals surface area (Å²) in [5, 5.41) is 5.77. The quantitative estimate of drug-likeness (QED) is 0.479. The molecule has 0 spiro atoms. The van der Waals surface area contributed by atoms with Gasteiger partial charge in [0.05, 0.1) is 0 Å². The number of hydrogen-bond donors (Lipinski definition) is 2. The van der Waals surface area contributed by atoms with Gasteiger partial charge in [-0.1, -0.05) is 46.6 Å². The lowest BCUT2D eigenvalue weighted by Crippen LogP contribution is -2.28. The zero-order chi connectivity index (χ0) is 15.4. The van der Waals surface area contributed by atoms with E-state index < -0.39 is 0 Å². The molecular weight excluding hydrogens is 252 g/mol. The molecule has 0 bridgehead atoms. The zero-order valence-electron chi connectivity index (χ0n) is 13.4. The van der Waals surface area contributed by atoms with Gasteiger partial charge in [-0.15, -0.1) is 0 Å². The molecule has 0 aromatic heterocycles. The lowest BCUT2D eigenvalue weighted by atomic mass is 10.1. The Kier molecular flexibility index (Phi) is 10.7. The predicted octanol–water partition coefficient (Wildman–Crippen LogP) is 3.14. The Labute approximate surface area is 126 Å². The molecule has 2 N–H and O–H groups in total. The van der Waals surface area contributed by atoms with Crippen molar-refractivity contribution in [3.63, 3.8) is 0 Å². The lowest BCUT2D eigenvalue weighted by molar-refractivity contribution is -0.124. The molecule has 0 saturated heterocycles. The maximum Gasteiger partial charge on any atom is 0.243 e. The number of allylic oxidation sites excluding steroid dienone is 1. The van der Waals surface area contributed by atoms with Crippen molar-refractivity contribution in [2.75, 3.05) is 13.1 Å². The molecule has 0 saturated carbocycles. The van der Waals surface area contributed by atoms with Gasteiger partial charge in [0, 0.05) is 21.9 Å². The highest BCUT2D eigenvalue weighted by Crippen LogP contribution is 1.99. The largest absolute Gasteiger partial charge is 0.356 e. The van der Waals surface area contributed by atoms with E-state index in [-0.39, 0.29) is 20.6 Å². The first-order valence-electron chi connectivity index (χ1n) is 7.67. The fraction of sp³-hybridized carbons (Fsp3) is 0.750. The Hall–Kier alpha value is -1.32. The summed E-state index contributed by atoms with van der Waals surface area (Å²) in [6.45, 7) is 9.35. The average molecular weight is 286 g/mol. The monoisotopic (exact) mass is 286 g/mol. The number of amides is 2. The molecule has 0 aliphatic heterocycles. The molecule has 0 radical (unpaired) electrons. The van der Waals surface area contributed by atoms with E-state index in [0.717, 1.165) is 38.8 Å². The van der Waals surface area contributed by atoms with Gasteiger partial charge in [0.1, 0.15) is 0 Å². The summed E-state index contributed by atoms with van der Waals surface area (Å²) in [6.07, 6.45) is 7.64. The molecule has 0 unspecified atom stereocenters. The summed E-state index contributed by atoms with van der Waals surface area (Å²) in [6, 6.07) is 0. The SMILES string of the molecule is CC(C)/C=C/C(=O)NCCCCCCNC(=O)C(C)C.[HH].[HH]. The van der Waals surface area contributed by atoms with E-state index in [1.54, 1.807) is 6.08 Å². The minimum Gasteiger partial charge on any atom is -0.356 e. The van der Waals surface area contributed by atoms with Crippen LogP contribution in [0.4, 0.5) is 0 Å². The topological polar surface area (TPSA) is 58.2 Å². The molecular formula is C16H34N2O2. The summed E-state index contributed by atoms with van der Waals surface area (Å²) < 4.78 is 0. The van der Waals surface area contributed by atoms with Crippen LogP contribution >= 0.6 is 0 Å². The van der Waals surface area contributed by atoms with Gasteiger partial charge in [0.15, 0.2) is 0 Å². The molecule has 0 fully saturated rings. The summed E-state index contributed by atoms with van der Waals surface area (Å²) in [5.41, 5.74) is 0. The predicted molar refractivity (Wildman–Crippen MR) is 87.5 cm³/mol. The van der Waals surface area contributed by atoms with E-state index in [2.05, 4.69) is 10.6 Å². The maximum absolute atomic E-state index is 11.4. The van der Waals surface area contributed by atoms with Crippen molar-refractivity contribution in [2.45, 2.75) is 53.4 Å². The fourth-order valence-electron chi connectivity index (χ4n) is 1.57. The van der Waals surface area contributed by atoms with Gasteiger partial charge in [0.25, 0.3) is 0 Å². The molecule has 0 aliphatic rings. The van der Waals surface area contributed by atoms with E-state index in [1.165, 1.54) is 0 Å². The maximum atomic E-state index is 11.4. The molecule has 4 nitrogen and oxygen atoms in total. The van der Waals surface area contributed by atoms with E-state index in [0.29, 0.717) is 5.92 Å². The van der Waals surface area contributed by atoms with Crippen molar-refractivity contribution < 1.29 is 12.4 Å². The fourth-order valence-corrected chi connectivity index (χ4v) is 1.57. The third-order valence-electron chi connectivity index (χ3n) is 2.86. The Bertz CT molecular complexity index is 319. The Morgan fingerprint density at radius 2 is 1.50 bits per heavy atom. The molecule has 120 valence electrons. The van der Waals surface area contributed by atoms with Crippen LogP contribution in [0.5, 0.6) is 0 Å². The average Bonchev–Trinajstić information content (AvgIpc) is 2.38. The second-order valence-electron chi connectivity index (χ2n) is 5.75.